The van der Waals surface area contributed by atoms with E-state index in [-0.39, 0.29) is 11.9 Å². The fourth-order valence-corrected chi connectivity index (χ4v) is 2.29. The number of nitrogens with one attached hydrogen (secondary N) is 1. The molecule has 1 atom stereocenters. The number of pyridine rings is 1. The van der Waals surface area contributed by atoms with Crippen LogP contribution in [0.1, 0.15) is 31.9 Å². The van der Waals surface area contributed by atoms with E-state index in [0.717, 1.165) is 29.7 Å². The highest BCUT2D eigenvalue weighted by Crippen LogP contribution is 2.29. The second kappa shape index (κ2) is 7.18. The summed E-state index contributed by atoms with van der Waals surface area (Å²) in [7, 11) is 1.58. The highest BCUT2D eigenvalue weighted by atomic mass is 19.1. The minimum atomic E-state index is -0.243. The maximum atomic E-state index is 13.6. The van der Waals surface area contributed by atoms with E-state index in [1.165, 1.54) is 6.07 Å². The number of halogens is 1. The monoisotopic (exact) mass is 288 g/mol. The summed E-state index contributed by atoms with van der Waals surface area (Å²) in [5.74, 6) is 0.307. The van der Waals surface area contributed by atoms with Crippen LogP contribution in [-0.4, -0.2) is 18.6 Å². The van der Waals surface area contributed by atoms with Gasteiger partial charge in [-0.2, -0.15) is 0 Å². The quantitative estimate of drug-likeness (QED) is 0.873. The lowest BCUT2D eigenvalue weighted by atomic mass is 9.96. The van der Waals surface area contributed by atoms with Gasteiger partial charge in [-0.1, -0.05) is 13.0 Å². The lowest BCUT2D eigenvalue weighted by Crippen LogP contribution is -2.20. The Morgan fingerprint density at radius 3 is 2.71 bits per heavy atom. The van der Waals surface area contributed by atoms with Gasteiger partial charge in [0.2, 0.25) is 5.88 Å². The van der Waals surface area contributed by atoms with Crippen molar-refractivity contribution in [2.45, 2.75) is 26.3 Å². The Bertz CT molecular complexity index is 584. The van der Waals surface area contributed by atoms with Crippen molar-refractivity contribution in [2.75, 3.05) is 13.7 Å². The van der Waals surface area contributed by atoms with Crippen LogP contribution < -0.4 is 10.1 Å². The first-order valence-electron chi connectivity index (χ1n) is 7.19. The van der Waals surface area contributed by atoms with E-state index >= 15 is 0 Å². The summed E-state index contributed by atoms with van der Waals surface area (Å²) in [6, 6.07) is 8.73. The minimum Gasteiger partial charge on any atom is -0.481 e. The summed E-state index contributed by atoms with van der Waals surface area (Å²) < 4.78 is 18.7. The number of hydrogen-bond donors (Lipinski definition) is 1. The largest absolute Gasteiger partial charge is 0.481 e. The molecule has 1 heterocycles. The topological polar surface area (TPSA) is 34.1 Å². The number of nitrogens with zero attached hydrogens (tertiary/aromatic N) is 1. The van der Waals surface area contributed by atoms with Gasteiger partial charge in [0.05, 0.1) is 7.11 Å². The molecule has 0 aliphatic heterocycles. The Labute approximate surface area is 125 Å². The van der Waals surface area contributed by atoms with E-state index in [4.69, 9.17) is 4.74 Å². The molecular weight excluding hydrogens is 267 g/mol. The van der Waals surface area contributed by atoms with Crippen molar-refractivity contribution in [3.05, 3.63) is 47.9 Å². The van der Waals surface area contributed by atoms with Crippen molar-refractivity contribution < 1.29 is 9.13 Å². The number of aromatic nitrogens is 1. The molecule has 4 heteroatoms. The van der Waals surface area contributed by atoms with Gasteiger partial charge in [-0.05, 0) is 49.2 Å². The van der Waals surface area contributed by atoms with E-state index in [1.54, 1.807) is 25.4 Å². The van der Waals surface area contributed by atoms with Crippen LogP contribution >= 0.6 is 0 Å². The van der Waals surface area contributed by atoms with Crippen molar-refractivity contribution in [1.29, 1.82) is 0 Å². The first-order valence-corrected chi connectivity index (χ1v) is 7.19. The zero-order chi connectivity index (χ0) is 15.2. The van der Waals surface area contributed by atoms with E-state index in [0.29, 0.717) is 5.88 Å². The highest BCUT2D eigenvalue weighted by Gasteiger charge is 2.13. The van der Waals surface area contributed by atoms with Crippen LogP contribution in [0, 0.1) is 5.82 Å². The number of hydrogen-bond acceptors (Lipinski definition) is 3. The van der Waals surface area contributed by atoms with Crippen molar-refractivity contribution in [3.63, 3.8) is 0 Å². The molecule has 0 radical (unpaired) electrons. The normalized spacial score (nSPS) is 12.2. The van der Waals surface area contributed by atoms with Crippen LogP contribution in [0.3, 0.4) is 0 Å². The molecule has 1 unspecified atom stereocenters. The predicted molar refractivity (Wildman–Crippen MR) is 82.9 cm³/mol. The van der Waals surface area contributed by atoms with Gasteiger partial charge in [-0.3, -0.25) is 0 Å². The van der Waals surface area contributed by atoms with Crippen LogP contribution in [0.15, 0.2) is 36.5 Å². The molecule has 112 valence electrons. The van der Waals surface area contributed by atoms with Gasteiger partial charge in [-0.25, -0.2) is 9.37 Å². The van der Waals surface area contributed by atoms with Crippen molar-refractivity contribution in [3.8, 4) is 17.0 Å². The maximum Gasteiger partial charge on any atom is 0.212 e. The standard InChI is InChI=1S/C17H21FN2O/c1-4-9-19-12(2)15-7-6-14(18)10-16(15)13-5-8-17(21-3)20-11-13/h5-8,10-12,19H,4,9H2,1-3H3. The molecule has 3 nitrogen and oxygen atoms in total. The lowest BCUT2D eigenvalue weighted by Gasteiger charge is -2.18. The third-order valence-corrected chi connectivity index (χ3v) is 3.44. The molecule has 2 aromatic rings. The molecule has 0 saturated heterocycles. The summed E-state index contributed by atoms with van der Waals surface area (Å²) in [5, 5.41) is 3.43. The fourth-order valence-electron chi connectivity index (χ4n) is 2.29. The Morgan fingerprint density at radius 1 is 1.29 bits per heavy atom. The number of ether oxygens (including phenoxy) is 1. The number of benzene rings is 1. The first-order chi connectivity index (χ1) is 10.2. The highest BCUT2D eigenvalue weighted by molar-refractivity contribution is 5.67. The average Bonchev–Trinajstić information content (AvgIpc) is 2.52. The zero-order valence-electron chi connectivity index (χ0n) is 12.7. The van der Waals surface area contributed by atoms with Gasteiger partial charge < -0.3 is 10.1 Å². The Hall–Kier alpha value is -1.94. The molecule has 21 heavy (non-hydrogen) atoms. The molecule has 0 aliphatic carbocycles. The van der Waals surface area contributed by atoms with Crippen LogP contribution in [0.5, 0.6) is 5.88 Å². The molecule has 1 aromatic heterocycles. The Balaban J connectivity index is 2.38. The van der Waals surface area contributed by atoms with Gasteiger partial charge in [0, 0.05) is 23.9 Å². The molecule has 0 aliphatic rings. The van der Waals surface area contributed by atoms with Gasteiger partial charge in [0.1, 0.15) is 5.82 Å². The Kier molecular flexibility index (Phi) is 5.28. The molecule has 1 aromatic carbocycles. The maximum absolute atomic E-state index is 13.6. The van der Waals surface area contributed by atoms with Gasteiger partial charge in [0.25, 0.3) is 0 Å². The van der Waals surface area contributed by atoms with Crippen LogP contribution in [0.25, 0.3) is 11.1 Å². The zero-order valence-corrected chi connectivity index (χ0v) is 12.7. The van der Waals surface area contributed by atoms with E-state index in [2.05, 4.69) is 24.1 Å². The van der Waals surface area contributed by atoms with E-state index in [9.17, 15) is 4.39 Å². The van der Waals surface area contributed by atoms with Gasteiger partial charge >= 0.3 is 0 Å². The Morgan fingerprint density at radius 2 is 2.10 bits per heavy atom. The fraction of sp³-hybridized carbons (Fsp3) is 0.353. The lowest BCUT2D eigenvalue weighted by molar-refractivity contribution is 0.398. The smallest absolute Gasteiger partial charge is 0.212 e. The van der Waals surface area contributed by atoms with Crippen LogP contribution in [-0.2, 0) is 0 Å². The molecule has 1 N–H and O–H groups in total. The molecule has 0 saturated carbocycles. The van der Waals surface area contributed by atoms with Crippen molar-refractivity contribution in [1.82, 2.24) is 10.3 Å². The molecule has 2 rings (SSSR count). The summed E-state index contributed by atoms with van der Waals surface area (Å²) in [6.07, 6.45) is 2.77. The van der Waals surface area contributed by atoms with Crippen LogP contribution in [0.2, 0.25) is 0 Å². The summed E-state index contributed by atoms with van der Waals surface area (Å²) in [6.45, 7) is 5.14. The molecule has 0 bridgehead atoms. The average molecular weight is 288 g/mol. The molecule has 0 fully saturated rings. The van der Waals surface area contributed by atoms with Gasteiger partial charge in [-0.15, -0.1) is 0 Å². The van der Waals surface area contributed by atoms with Crippen molar-refractivity contribution in [2.24, 2.45) is 0 Å². The number of methoxy groups -OCH3 is 1. The van der Waals surface area contributed by atoms with Crippen molar-refractivity contribution >= 4 is 0 Å². The minimum absolute atomic E-state index is 0.155. The van der Waals surface area contributed by atoms with Gasteiger partial charge in [0.15, 0.2) is 0 Å². The second-order valence-electron chi connectivity index (χ2n) is 5.00. The van der Waals surface area contributed by atoms with E-state index in [1.807, 2.05) is 12.1 Å². The predicted octanol–water partition coefficient (Wildman–Crippen LogP) is 3.96. The van der Waals surface area contributed by atoms with E-state index < -0.39 is 0 Å². The number of rotatable bonds is 6. The SMILES string of the molecule is CCCNC(C)c1ccc(F)cc1-c1ccc(OC)nc1. The first kappa shape index (κ1) is 15.4. The molecule has 0 spiro atoms. The second-order valence-corrected chi connectivity index (χ2v) is 5.00. The molecule has 0 amide bonds. The summed E-state index contributed by atoms with van der Waals surface area (Å²) in [5.41, 5.74) is 2.81. The summed E-state index contributed by atoms with van der Waals surface area (Å²) in [4.78, 5) is 4.20. The molecular formula is C17H21FN2O. The third kappa shape index (κ3) is 3.79. The summed E-state index contributed by atoms with van der Waals surface area (Å²) >= 11 is 0. The van der Waals surface area contributed by atoms with Crippen LogP contribution in [0.4, 0.5) is 4.39 Å². The third-order valence-electron chi connectivity index (χ3n) is 3.44.